The van der Waals surface area contributed by atoms with Crippen LogP contribution in [-0.4, -0.2) is 32.8 Å². The quantitative estimate of drug-likeness (QED) is 0.854. The first-order chi connectivity index (χ1) is 11.9. The van der Waals surface area contributed by atoms with Crippen LogP contribution in [0.4, 0.5) is 13.2 Å². The number of halogens is 3. The third-order valence-corrected chi connectivity index (χ3v) is 5.52. The Hall–Kier alpha value is -1.27. The van der Waals surface area contributed by atoms with Crippen molar-refractivity contribution in [3.63, 3.8) is 0 Å². The Balaban J connectivity index is 1.76. The highest BCUT2D eigenvalue weighted by atomic mass is 19.3. The van der Waals surface area contributed by atoms with Gasteiger partial charge in [-0.05, 0) is 55.8 Å². The Bertz CT molecular complexity index is 588. The minimum Gasteiger partial charge on any atom is -0.494 e. The summed E-state index contributed by atoms with van der Waals surface area (Å²) in [6.45, 7) is 1.66. The van der Waals surface area contributed by atoms with Gasteiger partial charge in [0.1, 0.15) is 0 Å². The zero-order chi connectivity index (χ0) is 17.9. The molecule has 1 saturated heterocycles. The summed E-state index contributed by atoms with van der Waals surface area (Å²) in [4.78, 5) is 0. The molecule has 2 aliphatic rings. The molecule has 3 nitrogen and oxygen atoms in total. The smallest absolute Gasteiger partial charge is 0.248 e. The predicted molar refractivity (Wildman–Crippen MR) is 89.6 cm³/mol. The average molecular weight is 357 g/mol. The normalized spacial score (nSPS) is 25.5. The van der Waals surface area contributed by atoms with Gasteiger partial charge in [-0.3, -0.25) is 0 Å². The minimum absolute atomic E-state index is 0.00776. The van der Waals surface area contributed by atoms with Crippen molar-refractivity contribution in [1.82, 2.24) is 5.32 Å². The largest absolute Gasteiger partial charge is 0.494 e. The number of rotatable bonds is 5. The minimum atomic E-state index is -2.56. The Morgan fingerprint density at radius 3 is 2.64 bits per heavy atom. The molecule has 1 aromatic carbocycles. The Morgan fingerprint density at radius 2 is 2.00 bits per heavy atom. The molecular weight excluding hydrogens is 331 g/mol. The summed E-state index contributed by atoms with van der Waals surface area (Å²) in [6, 6.07) is 4.97. The first-order valence-electron chi connectivity index (χ1n) is 8.99. The number of hydrogen-bond donors (Lipinski definition) is 1. The molecule has 25 heavy (non-hydrogen) atoms. The van der Waals surface area contributed by atoms with E-state index in [2.05, 4.69) is 5.32 Å². The van der Waals surface area contributed by atoms with Gasteiger partial charge in [0.15, 0.2) is 11.6 Å². The fourth-order valence-corrected chi connectivity index (χ4v) is 4.04. The van der Waals surface area contributed by atoms with Gasteiger partial charge >= 0.3 is 0 Å². The lowest BCUT2D eigenvalue weighted by molar-refractivity contribution is -0.0544. The van der Waals surface area contributed by atoms with Gasteiger partial charge in [-0.1, -0.05) is 6.07 Å². The highest BCUT2D eigenvalue weighted by Crippen LogP contribution is 2.38. The molecule has 0 aromatic heterocycles. The predicted octanol–water partition coefficient (Wildman–Crippen LogP) is 4.26. The maximum atomic E-state index is 14.2. The zero-order valence-electron chi connectivity index (χ0n) is 14.6. The molecule has 0 radical (unpaired) electrons. The van der Waals surface area contributed by atoms with Gasteiger partial charge in [0.25, 0.3) is 0 Å². The van der Waals surface area contributed by atoms with E-state index >= 15 is 0 Å². The molecule has 0 bridgehead atoms. The maximum absolute atomic E-state index is 14.2. The van der Waals surface area contributed by atoms with Crippen molar-refractivity contribution in [2.75, 3.05) is 26.9 Å². The van der Waals surface area contributed by atoms with E-state index in [1.54, 1.807) is 6.07 Å². The van der Waals surface area contributed by atoms with Crippen molar-refractivity contribution >= 4 is 0 Å². The molecule has 1 atom stereocenters. The van der Waals surface area contributed by atoms with Gasteiger partial charge in [-0.2, -0.15) is 0 Å². The zero-order valence-corrected chi connectivity index (χ0v) is 14.6. The van der Waals surface area contributed by atoms with Crippen LogP contribution in [-0.2, 0) is 10.3 Å². The monoisotopic (exact) mass is 357 g/mol. The summed E-state index contributed by atoms with van der Waals surface area (Å²) in [5, 5.41) is 3.50. The molecule has 140 valence electrons. The van der Waals surface area contributed by atoms with Crippen molar-refractivity contribution in [2.24, 2.45) is 5.92 Å². The van der Waals surface area contributed by atoms with Crippen molar-refractivity contribution in [2.45, 2.75) is 50.0 Å². The van der Waals surface area contributed by atoms with E-state index in [-0.39, 0.29) is 24.5 Å². The lowest BCUT2D eigenvalue weighted by Crippen LogP contribution is -2.49. The summed E-state index contributed by atoms with van der Waals surface area (Å²) in [6.07, 6.45) is 2.69. The van der Waals surface area contributed by atoms with Crippen LogP contribution >= 0.6 is 0 Å². The van der Waals surface area contributed by atoms with E-state index in [0.717, 1.165) is 12.0 Å². The lowest BCUT2D eigenvalue weighted by atomic mass is 9.80. The molecule has 2 fully saturated rings. The Kier molecular flexibility index (Phi) is 5.58. The third kappa shape index (κ3) is 4.29. The standard InChI is InChI=1S/C19H26F3NO2/c1-24-17-5-4-15(11-16(17)20)18(7-9-25-10-8-18)23-13-14-3-2-6-19(21,22)12-14/h4-5,11,14,23H,2-3,6-10,12-13H2,1H3/t14-/m0/s1. The summed E-state index contributed by atoms with van der Waals surface area (Å²) >= 11 is 0. The molecule has 1 aliphatic heterocycles. The van der Waals surface area contributed by atoms with Gasteiger partial charge in [0, 0.05) is 31.6 Å². The maximum Gasteiger partial charge on any atom is 0.248 e. The highest BCUT2D eigenvalue weighted by Gasteiger charge is 2.39. The summed E-state index contributed by atoms with van der Waals surface area (Å²) in [5.74, 6) is -2.80. The number of benzene rings is 1. The van der Waals surface area contributed by atoms with Crippen LogP contribution in [0.5, 0.6) is 5.75 Å². The molecule has 0 unspecified atom stereocenters. The first-order valence-corrected chi connectivity index (χ1v) is 8.99. The molecule has 6 heteroatoms. The van der Waals surface area contributed by atoms with Gasteiger partial charge in [-0.25, -0.2) is 13.2 Å². The third-order valence-electron chi connectivity index (χ3n) is 5.52. The fraction of sp³-hybridized carbons (Fsp3) is 0.684. The van der Waals surface area contributed by atoms with Crippen LogP contribution in [0.15, 0.2) is 18.2 Å². The molecule has 0 amide bonds. The van der Waals surface area contributed by atoms with Crippen LogP contribution in [0, 0.1) is 11.7 Å². The number of hydrogen-bond acceptors (Lipinski definition) is 3. The molecule has 1 aromatic rings. The lowest BCUT2D eigenvalue weighted by Gasteiger charge is -2.41. The second-order valence-corrected chi connectivity index (χ2v) is 7.24. The number of ether oxygens (including phenoxy) is 2. The first kappa shape index (κ1) is 18.5. The van der Waals surface area contributed by atoms with E-state index < -0.39 is 17.3 Å². The average Bonchev–Trinajstić information content (AvgIpc) is 2.60. The number of alkyl halides is 2. The van der Waals surface area contributed by atoms with Gasteiger partial charge in [0.2, 0.25) is 5.92 Å². The van der Waals surface area contributed by atoms with Crippen molar-refractivity contribution in [3.8, 4) is 5.75 Å². The molecular formula is C19H26F3NO2. The van der Waals surface area contributed by atoms with Crippen molar-refractivity contribution < 1.29 is 22.6 Å². The van der Waals surface area contributed by atoms with Crippen LogP contribution in [0.2, 0.25) is 0 Å². The molecule has 1 aliphatic carbocycles. The summed E-state index contributed by atoms with van der Waals surface area (Å²) in [7, 11) is 1.43. The molecule has 0 spiro atoms. The topological polar surface area (TPSA) is 30.5 Å². The van der Waals surface area contributed by atoms with Crippen LogP contribution in [0.1, 0.15) is 44.1 Å². The van der Waals surface area contributed by atoms with E-state index in [9.17, 15) is 13.2 Å². The Labute approximate surface area is 146 Å². The SMILES string of the molecule is COc1ccc(C2(NC[C@H]3CCCC(F)(F)C3)CCOCC2)cc1F. The second-order valence-electron chi connectivity index (χ2n) is 7.24. The molecule has 3 rings (SSSR count). The number of nitrogens with one attached hydrogen (secondary N) is 1. The fourth-order valence-electron chi connectivity index (χ4n) is 4.04. The number of methoxy groups -OCH3 is 1. The Morgan fingerprint density at radius 1 is 1.24 bits per heavy atom. The van der Waals surface area contributed by atoms with E-state index in [1.807, 2.05) is 6.07 Å². The molecule has 1 N–H and O–H groups in total. The highest BCUT2D eigenvalue weighted by molar-refractivity contribution is 5.34. The van der Waals surface area contributed by atoms with E-state index in [1.165, 1.54) is 13.2 Å². The van der Waals surface area contributed by atoms with Crippen molar-refractivity contribution in [3.05, 3.63) is 29.6 Å². The van der Waals surface area contributed by atoms with Crippen LogP contribution in [0.25, 0.3) is 0 Å². The van der Waals surface area contributed by atoms with Crippen LogP contribution in [0.3, 0.4) is 0 Å². The van der Waals surface area contributed by atoms with Gasteiger partial charge < -0.3 is 14.8 Å². The van der Waals surface area contributed by atoms with Gasteiger partial charge in [0.05, 0.1) is 7.11 Å². The molecule has 1 saturated carbocycles. The van der Waals surface area contributed by atoms with Gasteiger partial charge in [-0.15, -0.1) is 0 Å². The molecule has 1 heterocycles. The van der Waals surface area contributed by atoms with Crippen molar-refractivity contribution in [1.29, 1.82) is 0 Å². The summed E-state index contributed by atoms with van der Waals surface area (Å²) < 4.78 is 52.0. The second kappa shape index (κ2) is 7.54. The van der Waals surface area contributed by atoms with Crippen LogP contribution < -0.4 is 10.1 Å². The summed E-state index contributed by atoms with van der Waals surface area (Å²) in [5.41, 5.74) is 0.398. The van der Waals surface area contributed by atoms with E-state index in [0.29, 0.717) is 39.0 Å². The van der Waals surface area contributed by atoms with E-state index in [4.69, 9.17) is 9.47 Å².